The molecule has 4 aromatic rings. The third kappa shape index (κ3) is 13.8. The van der Waals surface area contributed by atoms with E-state index in [0.717, 1.165) is 32.1 Å². The lowest BCUT2D eigenvalue weighted by Gasteiger charge is -2.47. The number of fused-ring (bicyclic) bond motifs is 4. The van der Waals surface area contributed by atoms with Crippen molar-refractivity contribution in [3.8, 4) is 0 Å². The molecule has 10 heteroatoms. The van der Waals surface area contributed by atoms with Crippen LogP contribution in [0.1, 0.15) is 121 Å². The maximum Gasteiger partial charge on any atom is 0.330 e. The van der Waals surface area contributed by atoms with Gasteiger partial charge in [0.15, 0.2) is 8.32 Å². The number of hydrogen-bond acceptors (Lipinski definition) is 7. The normalized spacial score (nSPS) is 27.6. The van der Waals surface area contributed by atoms with Gasteiger partial charge in [0.05, 0.1) is 37.1 Å². The topological polar surface area (TPSA) is 72.5 Å². The zero-order chi connectivity index (χ0) is 53.4. The van der Waals surface area contributed by atoms with Crippen LogP contribution in [0.15, 0.2) is 158 Å². The van der Waals surface area contributed by atoms with Crippen LogP contribution in [-0.2, 0) is 32.3 Å². The molecular weight excluding hydrogens is 965 g/mol. The number of hydrogen-bond donors (Lipinski definition) is 0. The molecular formula is C64H90O7Si3. The van der Waals surface area contributed by atoms with Crippen molar-refractivity contribution in [3.63, 3.8) is 0 Å². The van der Waals surface area contributed by atoms with E-state index in [1.54, 1.807) is 6.08 Å². The number of carbonyl (C=O) groups excluding carboxylic acids is 1. The lowest BCUT2D eigenvalue weighted by molar-refractivity contribution is -0.147. The minimum Gasteiger partial charge on any atom is -0.457 e. The molecule has 0 spiro atoms. The van der Waals surface area contributed by atoms with Crippen molar-refractivity contribution < 1.29 is 32.3 Å². The quantitative estimate of drug-likeness (QED) is 0.109. The molecule has 4 aromatic carbocycles. The smallest absolute Gasteiger partial charge is 0.330 e. The van der Waals surface area contributed by atoms with Crippen molar-refractivity contribution in [3.05, 3.63) is 158 Å². The summed E-state index contributed by atoms with van der Waals surface area (Å²) in [6.45, 7) is 30.2. The van der Waals surface area contributed by atoms with Crippen molar-refractivity contribution in [1.82, 2.24) is 0 Å². The second kappa shape index (κ2) is 24.6. The van der Waals surface area contributed by atoms with Gasteiger partial charge in [0.1, 0.15) is 6.10 Å². The molecule has 400 valence electrons. The molecule has 3 heterocycles. The van der Waals surface area contributed by atoms with Gasteiger partial charge in [-0.1, -0.05) is 228 Å². The number of cyclic esters (lactones) is 1. The van der Waals surface area contributed by atoms with Gasteiger partial charge in [0.2, 0.25) is 0 Å². The van der Waals surface area contributed by atoms with Gasteiger partial charge < -0.3 is 27.5 Å². The number of rotatable bonds is 11. The summed E-state index contributed by atoms with van der Waals surface area (Å²) in [7, 11) is -8.28. The summed E-state index contributed by atoms with van der Waals surface area (Å²) >= 11 is 0. The molecule has 0 radical (unpaired) electrons. The average molecular weight is 1060 g/mol. The second-order valence-corrected chi connectivity index (χ2v) is 38.6. The number of allylic oxidation sites excluding steroid dienone is 3. The maximum atomic E-state index is 14.7. The molecule has 0 aromatic heterocycles. The molecule has 0 aliphatic carbocycles. The van der Waals surface area contributed by atoms with Crippen LogP contribution in [0, 0.1) is 11.8 Å². The summed E-state index contributed by atoms with van der Waals surface area (Å²) in [5, 5.41) is 4.21. The Morgan fingerprint density at radius 3 is 1.57 bits per heavy atom. The molecule has 74 heavy (non-hydrogen) atoms. The third-order valence-electron chi connectivity index (χ3n) is 16.5. The van der Waals surface area contributed by atoms with Crippen LogP contribution in [0.2, 0.25) is 28.2 Å². The van der Waals surface area contributed by atoms with E-state index in [0.29, 0.717) is 18.8 Å². The van der Waals surface area contributed by atoms with Crippen molar-refractivity contribution in [1.29, 1.82) is 0 Å². The summed E-state index contributed by atoms with van der Waals surface area (Å²) < 4.78 is 43.9. The predicted octanol–water partition coefficient (Wildman–Crippen LogP) is 13.0. The fraction of sp³-hybridized carbons (Fsp3) is 0.516. The van der Waals surface area contributed by atoms with Crippen molar-refractivity contribution in [2.45, 2.75) is 192 Å². The lowest BCUT2D eigenvalue weighted by Crippen LogP contribution is -2.69. The summed E-state index contributed by atoms with van der Waals surface area (Å²) in [6.07, 6.45) is 16.2. The number of esters is 1. The van der Waals surface area contributed by atoms with Crippen LogP contribution in [-0.4, -0.2) is 80.3 Å². The molecule has 0 saturated carbocycles. The molecule has 7 nitrogen and oxygen atoms in total. The minimum atomic E-state index is -3.15. The monoisotopic (exact) mass is 1050 g/mol. The van der Waals surface area contributed by atoms with Crippen LogP contribution < -0.4 is 20.7 Å². The van der Waals surface area contributed by atoms with E-state index in [2.05, 4.69) is 235 Å². The minimum absolute atomic E-state index is 0.0101. The van der Waals surface area contributed by atoms with Gasteiger partial charge in [0, 0.05) is 18.6 Å². The first kappa shape index (κ1) is 57.7. The van der Waals surface area contributed by atoms with Gasteiger partial charge in [0.25, 0.3) is 16.6 Å². The van der Waals surface area contributed by atoms with Gasteiger partial charge >= 0.3 is 5.97 Å². The molecule has 3 aliphatic rings. The van der Waals surface area contributed by atoms with Gasteiger partial charge in [-0.3, -0.25) is 0 Å². The fourth-order valence-corrected chi connectivity index (χ4v) is 22.3. The van der Waals surface area contributed by atoms with Crippen LogP contribution in [0.3, 0.4) is 0 Å². The molecule has 9 atom stereocenters. The Morgan fingerprint density at radius 2 is 1.05 bits per heavy atom. The molecule has 2 unspecified atom stereocenters. The highest BCUT2D eigenvalue weighted by atomic mass is 28.4. The Morgan fingerprint density at radius 1 is 0.541 bits per heavy atom. The number of benzene rings is 4. The number of carbonyl (C=O) groups is 1. The molecule has 4 bridgehead atoms. The van der Waals surface area contributed by atoms with Crippen molar-refractivity contribution >= 4 is 51.7 Å². The SMILES string of the molecule is C[C@@H]1CC2OC1C/C=C\C=C\[C@H](C)C[C@@H]1C[C@H](O[Si](C)(C)C(C)(C)C)C[C@H](C/C=C/C(=O)O[C@@H](CO[Si](c3ccccc3)(c3ccccc3)C(C)(C)C)C[C@H]2O[Si](c2ccccc2)(c2ccccc2)C(C)(C)C)O1. The summed E-state index contributed by atoms with van der Waals surface area (Å²) in [6, 6.07) is 43.1. The fourth-order valence-electron chi connectivity index (χ4n) is 11.7. The Labute approximate surface area is 449 Å². The second-order valence-electron chi connectivity index (χ2n) is 25.3. The molecule has 0 N–H and O–H groups in total. The van der Waals surface area contributed by atoms with E-state index >= 15 is 0 Å². The average Bonchev–Trinajstić information content (AvgIpc) is 3.72. The van der Waals surface area contributed by atoms with Gasteiger partial charge in [-0.15, -0.1) is 0 Å². The maximum absolute atomic E-state index is 14.7. The van der Waals surface area contributed by atoms with Crippen LogP contribution in [0.5, 0.6) is 0 Å². The predicted molar refractivity (Wildman–Crippen MR) is 313 cm³/mol. The Kier molecular flexibility index (Phi) is 19.2. The highest BCUT2D eigenvalue weighted by Gasteiger charge is 2.55. The van der Waals surface area contributed by atoms with Gasteiger partial charge in [-0.05, 0) is 99.3 Å². The first-order chi connectivity index (χ1) is 35.0. The first-order valence-electron chi connectivity index (χ1n) is 27.8. The van der Waals surface area contributed by atoms with E-state index in [-0.39, 0.29) is 58.2 Å². The van der Waals surface area contributed by atoms with Crippen LogP contribution in [0.25, 0.3) is 0 Å². The van der Waals surface area contributed by atoms with E-state index < -0.39 is 43.1 Å². The first-order valence-corrected chi connectivity index (χ1v) is 34.5. The summed E-state index contributed by atoms with van der Waals surface area (Å²) in [5.74, 6) is 0.177. The molecule has 0 amide bonds. The van der Waals surface area contributed by atoms with Gasteiger partial charge in [-0.25, -0.2) is 4.79 Å². The summed E-state index contributed by atoms with van der Waals surface area (Å²) in [5.41, 5.74) is 0. The largest absolute Gasteiger partial charge is 0.457 e. The standard InChI is InChI=1S/C64H90O7Si3/c1-48-30-19-14-28-40-58-49(2)43-59(69-58)60(71-74(64(9,10)11,56-36-24-17-25-37-56)57-38-26-18-27-39-57)46-53(47-66-73(63(6,7)8,54-32-20-15-21-33-54)55-34-22-16-23-35-55)68-61(65)41-29-31-50-44-52(45-51(42-48)67-50)70-72(12,13)62(3,4)5/h14-30,32-39,41,48-53,58-60H,31,40,42-47H2,1-13H3/b28-14-,30-19+,41-29+/t48-,49+,50-,51+,52+,53+,58?,59?,60+/m0/s1. The lowest BCUT2D eigenvalue weighted by atomic mass is 9.93. The van der Waals surface area contributed by atoms with E-state index in [1.807, 2.05) is 6.08 Å². The third-order valence-corrected chi connectivity index (χ3v) is 31.1. The van der Waals surface area contributed by atoms with Crippen molar-refractivity contribution in [2.75, 3.05) is 6.61 Å². The molecule has 3 aliphatic heterocycles. The summed E-state index contributed by atoms with van der Waals surface area (Å²) in [4.78, 5) is 14.7. The van der Waals surface area contributed by atoms with E-state index in [4.69, 9.17) is 27.5 Å². The highest BCUT2D eigenvalue weighted by molar-refractivity contribution is 7.00. The van der Waals surface area contributed by atoms with Crippen molar-refractivity contribution in [2.24, 2.45) is 11.8 Å². The number of ether oxygens (including phenoxy) is 3. The molecule has 2 fully saturated rings. The molecule has 2 saturated heterocycles. The van der Waals surface area contributed by atoms with Crippen LogP contribution in [0.4, 0.5) is 0 Å². The van der Waals surface area contributed by atoms with E-state index in [9.17, 15) is 4.79 Å². The Hall–Kier alpha value is -3.98. The zero-order valence-corrected chi connectivity index (χ0v) is 50.2. The van der Waals surface area contributed by atoms with E-state index in [1.165, 1.54) is 20.7 Å². The van der Waals surface area contributed by atoms with Crippen LogP contribution >= 0.6 is 0 Å². The Balaban J connectivity index is 1.33. The van der Waals surface area contributed by atoms with Gasteiger partial charge in [-0.2, -0.15) is 0 Å². The Bertz CT molecular complexity index is 2380. The molecule has 7 rings (SSSR count). The highest BCUT2D eigenvalue weighted by Crippen LogP contribution is 2.43. The zero-order valence-electron chi connectivity index (χ0n) is 47.2.